The first-order valence-electron chi connectivity index (χ1n) is 4.35. The number of thioether (sulfide) groups is 1. The summed E-state index contributed by atoms with van der Waals surface area (Å²) >= 11 is 1.68. The molecule has 0 bridgehead atoms. The van der Waals surface area contributed by atoms with Crippen LogP contribution in [0.2, 0.25) is 0 Å². The molecule has 0 aromatic carbocycles. The Kier molecular flexibility index (Phi) is 1.87. The van der Waals surface area contributed by atoms with Crippen LogP contribution in [-0.4, -0.2) is 44.7 Å². The lowest BCUT2D eigenvalue weighted by atomic mass is 9.97. The van der Waals surface area contributed by atoms with Crippen LogP contribution in [0.15, 0.2) is 0 Å². The van der Waals surface area contributed by atoms with E-state index in [1.807, 2.05) is 18.7 Å². The Hall–Kier alpha value is -0.260. The highest BCUT2D eigenvalue weighted by molar-refractivity contribution is 8.01. The lowest BCUT2D eigenvalue weighted by Gasteiger charge is -2.42. The highest BCUT2D eigenvalue weighted by atomic mass is 32.2. The van der Waals surface area contributed by atoms with Crippen LogP contribution in [0.5, 0.6) is 0 Å². The molecule has 2 fully saturated rings. The average Bonchev–Trinajstić information content (AvgIpc) is 2.19. The minimum absolute atomic E-state index is 0.147. The van der Waals surface area contributed by atoms with E-state index in [0.29, 0.717) is 0 Å². The summed E-state index contributed by atoms with van der Waals surface area (Å²) in [5.74, 6) is -0.730. The largest absolute Gasteiger partial charge is 0.480 e. The minimum atomic E-state index is -0.730. The van der Waals surface area contributed by atoms with Crippen LogP contribution in [-0.2, 0) is 4.79 Å². The lowest BCUT2D eigenvalue weighted by molar-refractivity contribution is -0.145. The fourth-order valence-electron chi connectivity index (χ4n) is 2.17. The molecule has 0 aromatic rings. The molecular formula is C8H14N2O2S. The van der Waals surface area contributed by atoms with Gasteiger partial charge in [-0.25, -0.2) is 0 Å². The maximum Gasteiger partial charge on any atom is 0.322 e. The van der Waals surface area contributed by atoms with Gasteiger partial charge >= 0.3 is 5.97 Å². The smallest absolute Gasteiger partial charge is 0.322 e. The summed E-state index contributed by atoms with van der Waals surface area (Å²) in [6, 6.07) is -0.226. The summed E-state index contributed by atoms with van der Waals surface area (Å²) in [4.78, 5) is 13.0. The number of nitrogens with two attached hydrogens (primary N) is 1. The van der Waals surface area contributed by atoms with Crippen molar-refractivity contribution in [3.8, 4) is 0 Å². The second-order valence-corrected chi connectivity index (χ2v) is 5.98. The van der Waals surface area contributed by atoms with Crippen molar-refractivity contribution >= 4 is 17.7 Å². The molecule has 2 saturated heterocycles. The van der Waals surface area contributed by atoms with Gasteiger partial charge < -0.3 is 10.8 Å². The molecule has 2 aliphatic rings. The Balaban J connectivity index is 2.22. The van der Waals surface area contributed by atoms with E-state index in [9.17, 15) is 4.79 Å². The van der Waals surface area contributed by atoms with Gasteiger partial charge in [0.25, 0.3) is 0 Å². The van der Waals surface area contributed by atoms with E-state index in [4.69, 9.17) is 10.8 Å². The van der Waals surface area contributed by atoms with Crippen molar-refractivity contribution in [3.05, 3.63) is 0 Å². The van der Waals surface area contributed by atoms with Crippen LogP contribution in [0, 0.1) is 0 Å². The summed E-state index contributed by atoms with van der Waals surface area (Å²) in [6.45, 7) is 4.67. The molecule has 0 amide bonds. The van der Waals surface area contributed by atoms with Gasteiger partial charge in [-0.15, -0.1) is 11.8 Å². The monoisotopic (exact) mass is 202 g/mol. The maximum absolute atomic E-state index is 11.0. The van der Waals surface area contributed by atoms with Gasteiger partial charge in [0.05, 0.1) is 5.37 Å². The number of hydrogen-bond acceptors (Lipinski definition) is 4. The zero-order chi connectivity index (χ0) is 9.80. The van der Waals surface area contributed by atoms with Gasteiger partial charge in [-0.3, -0.25) is 9.69 Å². The van der Waals surface area contributed by atoms with Gasteiger partial charge in [-0.2, -0.15) is 0 Å². The minimum Gasteiger partial charge on any atom is -0.480 e. The van der Waals surface area contributed by atoms with E-state index in [2.05, 4.69) is 0 Å². The van der Waals surface area contributed by atoms with Crippen LogP contribution in [0.3, 0.4) is 0 Å². The van der Waals surface area contributed by atoms with Gasteiger partial charge in [0.2, 0.25) is 0 Å². The number of hydrogen-bond donors (Lipinski definition) is 2. The van der Waals surface area contributed by atoms with Crippen LogP contribution >= 0.6 is 11.8 Å². The Labute approximate surface area is 81.5 Å². The van der Waals surface area contributed by atoms with Crippen molar-refractivity contribution < 1.29 is 9.90 Å². The van der Waals surface area contributed by atoms with Crippen LogP contribution in [0.4, 0.5) is 0 Å². The Morgan fingerprint density at radius 1 is 1.69 bits per heavy atom. The predicted octanol–water partition coefficient (Wildman–Crippen LogP) is -0.0660. The molecule has 4 nitrogen and oxygen atoms in total. The average molecular weight is 202 g/mol. The third kappa shape index (κ3) is 1.18. The van der Waals surface area contributed by atoms with Crippen molar-refractivity contribution in [3.63, 3.8) is 0 Å². The summed E-state index contributed by atoms with van der Waals surface area (Å²) in [6.07, 6.45) is 0. The maximum atomic E-state index is 11.0. The lowest BCUT2D eigenvalue weighted by Crippen LogP contribution is -2.64. The number of nitrogens with zero attached hydrogens (tertiary/aromatic N) is 1. The first-order chi connectivity index (χ1) is 5.93. The molecule has 3 N–H and O–H groups in total. The quantitative estimate of drug-likeness (QED) is 0.623. The van der Waals surface area contributed by atoms with E-state index < -0.39 is 5.97 Å². The van der Waals surface area contributed by atoms with Crippen LogP contribution < -0.4 is 5.73 Å². The zero-order valence-corrected chi connectivity index (χ0v) is 8.54. The SMILES string of the molecule is CC1(C)S[C@@H]2[C@H](N)CN2[C@H]1C(=O)O. The molecule has 3 atom stereocenters. The molecule has 0 aliphatic carbocycles. The predicted molar refractivity (Wildman–Crippen MR) is 51.6 cm³/mol. The third-order valence-electron chi connectivity index (χ3n) is 2.76. The van der Waals surface area contributed by atoms with Crippen molar-refractivity contribution in [1.29, 1.82) is 0 Å². The van der Waals surface area contributed by atoms with Gasteiger partial charge in [0, 0.05) is 17.3 Å². The summed E-state index contributed by atoms with van der Waals surface area (Å²) in [5.41, 5.74) is 5.79. The molecule has 13 heavy (non-hydrogen) atoms. The van der Waals surface area contributed by atoms with Gasteiger partial charge in [-0.05, 0) is 13.8 Å². The normalized spacial score (nSPS) is 42.5. The van der Waals surface area contributed by atoms with Gasteiger partial charge in [-0.1, -0.05) is 0 Å². The van der Waals surface area contributed by atoms with Crippen molar-refractivity contribution in [2.45, 2.75) is 36.1 Å². The summed E-state index contributed by atoms with van der Waals surface area (Å²) < 4.78 is -0.218. The molecular weight excluding hydrogens is 188 g/mol. The Morgan fingerprint density at radius 3 is 2.69 bits per heavy atom. The molecule has 0 aromatic heterocycles. The standard InChI is InChI=1S/C8H14N2O2S/c1-8(2)5(7(11)12)10-3-4(9)6(10)13-8/h4-6H,3,9H2,1-2H3,(H,11,12)/t4-,5+,6-/m1/s1. The van der Waals surface area contributed by atoms with E-state index in [0.717, 1.165) is 6.54 Å². The second-order valence-electron chi connectivity index (χ2n) is 4.21. The summed E-state index contributed by atoms with van der Waals surface area (Å²) in [5, 5.41) is 9.28. The topological polar surface area (TPSA) is 66.6 Å². The molecule has 2 heterocycles. The van der Waals surface area contributed by atoms with Crippen molar-refractivity contribution in [1.82, 2.24) is 4.90 Å². The Morgan fingerprint density at radius 2 is 2.31 bits per heavy atom. The molecule has 2 rings (SSSR count). The molecule has 0 unspecified atom stereocenters. The van der Waals surface area contributed by atoms with Gasteiger partial charge in [0.15, 0.2) is 0 Å². The highest BCUT2D eigenvalue weighted by Gasteiger charge is 2.57. The van der Waals surface area contributed by atoms with E-state index in [1.165, 1.54) is 0 Å². The van der Waals surface area contributed by atoms with E-state index >= 15 is 0 Å². The molecule has 0 radical (unpaired) electrons. The van der Waals surface area contributed by atoms with Crippen molar-refractivity contribution in [2.24, 2.45) is 5.73 Å². The van der Waals surface area contributed by atoms with E-state index in [1.54, 1.807) is 11.8 Å². The Bertz CT molecular complexity index is 257. The van der Waals surface area contributed by atoms with Gasteiger partial charge in [0.1, 0.15) is 6.04 Å². The number of carboxylic acid groups (broad SMARTS) is 1. The molecule has 5 heteroatoms. The van der Waals surface area contributed by atoms with Crippen molar-refractivity contribution in [2.75, 3.05) is 6.54 Å². The first kappa shape index (κ1) is 9.30. The second kappa shape index (κ2) is 2.62. The highest BCUT2D eigenvalue weighted by Crippen LogP contribution is 2.49. The number of carbonyl (C=O) groups is 1. The first-order valence-corrected chi connectivity index (χ1v) is 5.23. The summed E-state index contributed by atoms with van der Waals surface area (Å²) in [7, 11) is 0. The molecule has 0 saturated carbocycles. The fourth-order valence-corrected chi connectivity index (χ4v) is 3.76. The van der Waals surface area contributed by atoms with E-state index in [-0.39, 0.29) is 22.2 Å². The number of carboxylic acids is 1. The number of aliphatic carboxylic acids is 1. The third-order valence-corrected chi connectivity index (χ3v) is 4.46. The van der Waals surface area contributed by atoms with Crippen LogP contribution in [0.1, 0.15) is 13.8 Å². The molecule has 2 aliphatic heterocycles. The van der Waals surface area contributed by atoms with Crippen LogP contribution in [0.25, 0.3) is 0 Å². The number of rotatable bonds is 1. The number of fused-ring (bicyclic) bond motifs is 1. The molecule has 74 valence electrons. The fraction of sp³-hybridized carbons (Fsp3) is 0.875. The molecule has 0 spiro atoms. The zero-order valence-electron chi connectivity index (χ0n) is 7.73.